The highest BCUT2D eigenvalue weighted by molar-refractivity contribution is 5.70. The van der Waals surface area contributed by atoms with Crippen LogP contribution in [0.3, 0.4) is 0 Å². The highest BCUT2D eigenvalue weighted by Crippen LogP contribution is 2.28. The van der Waals surface area contributed by atoms with E-state index in [1.165, 1.54) is 22.3 Å². The van der Waals surface area contributed by atoms with Crippen LogP contribution >= 0.6 is 0 Å². The minimum atomic E-state index is -0.449. The number of aryl methyl sites for hydroxylation is 3. The zero-order valence-corrected chi connectivity index (χ0v) is 23.2. The van der Waals surface area contributed by atoms with Crippen LogP contribution in [0.4, 0.5) is 0 Å². The van der Waals surface area contributed by atoms with Crippen molar-refractivity contribution in [3.63, 3.8) is 0 Å². The van der Waals surface area contributed by atoms with Gasteiger partial charge in [-0.15, -0.1) is 0 Å². The minimum Gasteiger partial charge on any atom is -0.489 e. The van der Waals surface area contributed by atoms with Gasteiger partial charge >= 0.3 is 5.97 Å². The van der Waals surface area contributed by atoms with Crippen molar-refractivity contribution in [1.29, 1.82) is 0 Å². The lowest BCUT2D eigenvalue weighted by molar-refractivity contribution is -0.155. The predicted molar refractivity (Wildman–Crippen MR) is 151 cm³/mol. The molecule has 1 unspecified atom stereocenters. The molecule has 0 aromatic heterocycles. The molecule has 5 heteroatoms. The van der Waals surface area contributed by atoms with Crippen molar-refractivity contribution in [2.75, 3.05) is 26.2 Å². The quantitative estimate of drug-likeness (QED) is 0.290. The van der Waals surface area contributed by atoms with Crippen molar-refractivity contribution in [3.05, 3.63) is 101 Å². The second kappa shape index (κ2) is 13.1. The van der Waals surface area contributed by atoms with Crippen molar-refractivity contribution < 1.29 is 19.0 Å². The Morgan fingerprint density at radius 2 is 1.71 bits per heavy atom. The van der Waals surface area contributed by atoms with Gasteiger partial charge in [-0.25, -0.2) is 0 Å². The first-order valence-corrected chi connectivity index (χ1v) is 13.7. The fourth-order valence-electron chi connectivity index (χ4n) is 4.86. The van der Waals surface area contributed by atoms with Crippen molar-refractivity contribution in [1.82, 2.24) is 4.90 Å². The topological polar surface area (TPSA) is 48.0 Å². The molecule has 0 radical (unpaired) electrons. The maximum Gasteiger partial charge on any atom is 0.307 e. The van der Waals surface area contributed by atoms with Gasteiger partial charge in [0, 0.05) is 19.6 Å². The predicted octanol–water partition coefficient (Wildman–Crippen LogP) is 6.46. The van der Waals surface area contributed by atoms with Crippen LogP contribution in [0, 0.1) is 6.92 Å². The molecule has 1 saturated heterocycles. The lowest BCUT2D eigenvalue weighted by Crippen LogP contribution is -2.40. The summed E-state index contributed by atoms with van der Waals surface area (Å²) in [4.78, 5) is 14.4. The van der Waals surface area contributed by atoms with E-state index in [1.54, 1.807) is 0 Å². The van der Waals surface area contributed by atoms with Crippen LogP contribution in [0.25, 0.3) is 0 Å². The fraction of sp³-hybridized carbons (Fsp3) is 0.424. The standard InChI is InChI=1S/C33H41NO4/c1-25-22-29(37-24-28-13-9-8-12-27(28)15-14-26-10-6-5-7-11-26)16-17-30(25)31-23-34(20-21-36-31)19-18-32(35)38-33(2,3)4/h5-13,16-17,22,31H,14-15,18-21,23-24H2,1-4H3. The zero-order chi connectivity index (χ0) is 27.0. The second-order valence-electron chi connectivity index (χ2n) is 11.1. The van der Waals surface area contributed by atoms with Crippen molar-refractivity contribution in [3.8, 4) is 5.75 Å². The molecular formula is C33H41NO4. The van der Waals surface area contributed by atoms with Gasteiger partial charge in [-0.05, 0) is 80.5 Å². The van der Waals surface area contributed by atoms with Gasteiger partial charge in [-0.1, -0.05) is 60.7 Å². The summed E-state index contributed by atoms with van der Waals surface area (Å²) >= 11 is 0. The van der Waals surface area contributed by atoms with Crippen LogP contribution < -0.4 is 4.74 Å². The minimum absolute atomic E-state index is 0.0184. The summed E-state index contributed by atoms with van der Waals surface area (Å²) in [5, 5.41) is 0. The van der Waals surface area contributed by atoms with Gasteiger partial charge in [0.1, 0.15) is 18.0 Å². The SMILES string of the molecule is Cc1cc(OCc2ccccc2CCc2ccccc2)ccc1C1CN(CCC(=O)OC(C)(C)C)CCO1. The summed E-state index contributed by atoms with van der Waals surface area (Å²) in [7, 11) is 0. The van der Waals surface area contributed by atoms with Gasteiger partial charge in [-0.2, -0.15) is 0 Å². The number of carbonyl (C=O) groups is 1. The fourth-order valence-corrected chi connectivity index (χ4v) is 4.86. The Balaban J connectivity index is 1.31. The van der Waals surface area contributed by atoms with E-state index in [1.807, 2.05) is 26.8 Å². The number of ether oxygens (including phenoxy) is 3. The highest BCUT2D eigenvalue weighted by atomic mass is 16.6. The van der Waals surface area contributed by atoms with E-state index in [4.69, 9.17) is 14.2 Å². The molecule has 0 aliphatic carbocycles. The molecule has 0 N–H and O–H groups in total. The number of carbonyl (C=O) groups excluding carboxylic acids is 1. The maximum absolute atomic E-state index is 12.1. The third-order valence-corrected chi connectivity index (χ3v) is 6.83. The summed E-state index contributed by atoms with van der Waals surface area (Å²) in [6.45, 7) is 11.3. The van der Waals surface area contributed by atoms with Crippen molar-refractivity contribution >= 4 is 5.97 Å². The number of morpholine rings is 1. The summed E-state index contributed by atoms with van der Waals surface area (Å²) in [5.74, 6) is 0.710. The van der Waals surface area contributed by atoms with Gasteiger partial charge in [0.2, 0.25) is 0 Å². The lowest BCUT2D eigenvalue weighted by Gasteiger charge is -2.33. The molecule has 1 aliphatic rings. The number of benzene rings is 3. The van der Waals surface area contributed by atoms with Crippen LogP contribution in [-0.2, 0) is 33.7 Å². The van der Waals surface area contributed by atoms with Gasteiger partial charge in [0.25, 0.3) is 0 Å². The molecule has 1 fully saturated rings. The van der Waals surface area contributed by atoms with E-state index < -0.39 is 5.60 Å². The van der Waals surface area contributed by atoms with Crippen LogP contribution in [-0.4, -0.2) is 42.7 Å². The van der Waals surface area contributed by atoms with Crippen molar-refractivity contribution in [2.24, 2.45) is 0 Å². The second-order valence-corrected chi connectivity index (χ2v) is 11.1. The summed E-state index contributed by atoms with van der Waals surface area (Å²) in [5.41, 5.74) is 5.77. The van der Waals surface area contributed by atoms with E-state index in [-0.39, 0.29) is 12.1 Å². The van der Waals surface area contributed by atoms with Crippen LogP contribution in [0.15, 0.2) is 72.8 Å². The number of nitrogens with zero attached hydrogens (tertiary/aromatic N) is 1. The van der Waals surface area contributed by atoms with E-state index >= 15 is 0 Å². The van der Waals surface area contributed by atoms with Gasteiger partial charge in [0.05, 0.1) is 19.1 Å². The number of rotatable bonds is 10. The molecule has 3 aromatic rings. The van der Waals surface area contributed by atoms with Crippen LogP contribution in [0.5, 0.6) is 5.75 Å². The van der Waals surface area contributed by atoms with E-state index in [0.717, 1.165) is 37.2 Å². The van der Waals surface area contributed by atoms with E-state index in [9.17, 15) is 4.79 Å². The first-order valence-electron chi connectivity index (χ1n) is 13.7. The normalized spacial score (nSPS) is 16.3. The first-order chi connectivity index (χ1) is 18.3. The third-order valence-electron chi connectivity index (χ3n) is 6.83. The number of esters is 1. The molecule has 202 valence electrons. The Bertz CT molecular complexity index is 1190. The molecule has 5 nitrogen and oxygen atoms in total. The molecule has 1 aliphatic heterocycles. The first kappa shape index (κ1) is 27.9. The highest BCUT2D eigenvalue weighted by Gasteiger charge is 2.25. The summed E-state index contributed by atoms with van der Waals surface area (Å²) < 4.78 is 17.8. The van der Waals surface area contributed by atoms with Gasteiger partial charge in [0.15, 0.2) is 0 Å². The van der Waals surface area contributed by atoms with E-state index in [2.05, 4.69) is 78.6 Å². The molecule has 1 heterocycles. The molecule has 0 spiro atoms. The molecule has 0 amide bonds. The Morgan fingerprint density at radius 3 is 2.45 bits per heavy atom. The van der Waals surface area contributed by atoms with Crippen LogP contribution in [0.2, 0.25) is 0 Å². The molecule has 0 bridgehead atoms. The average Bonchev–Trinajstić information content (AvgIpc) is 2.90. The third kappa shape index (κ3) is 8.44. The average molecular weight is 516 g/mol. The number of hydrogen-bond donors (Lipinski definition) is 0. The summed E-state index contributed by atoms with van der Waals surface area (Å²) in [6.07, 6.45) is 2.38. The molecular weight excluding hydrogens is 474 g/mol. The Labute approximate surface area is 227 Å². The summed E-state index contributed by atoms with van der Waals surface area (Å²) in [6, 6.07) is 25.4. The van der Waals surface area contributed by atoms with Crippen LogP contribution in [0.1, 0.15) is 61.1 Å². The Hall–Kier alpha value is -3.15. The smallest absolute Gasteiger partial charge is 0.307 e. The maximum atomic E-state index is 12.1. The molecule has 38 heavy (non-hydrogen) atoms. The molecule has 4 rings (SSSR count). The molecule has 0 saturated carbocycles. The zero-order valence-electron chi connectivity index (χ0n) is 23.2. The lowest BCUT2D eigenvalue weighted by atomic mass is 10.00. The van der Waals surface area contributed by atoms with Gasteiger partial charge < -0.3 is 14.2 Å². The van der Waals surface area contributed by atoms with Gasteiger partial charge in [-0.3, -0.25) is 9.69 Å². The molecule has 1 atom stereocenters. The Morgan fingerprint density at radius 1 is 0.974 bits per heavy atom. The largest absolute Gasteiger partial charge is 0.489 e. The Kier molecular flexibility index (Phi) is 9.59. The van der Waals surface area contributed by atoms with Crippen molar-refractivity contribution in [2.45, 2.75) is 65.3 Å². The number of hydrogen-bond acceptors (Lipinski definition) is 5. The molecule has 3 aromatic carbocycles. The van der Waals surface area contributed by atoms with E-state index in [0.29, 0.717) is 26.2 Å². The monoisotopic (exact) mass is 515 g/mol.